The molecular weight excluding hydrogens is 418 g/mol. The van der Waals surface area contributed by atoms with Crippen molar-refractivity contribution in [2.75, 3.05) is 6.61 Å². The van der Waals surface area contributed by atoms with Gasteiger partial charge in [0.1, 0.15) is 12.4 Å². The zero-order valence-corrected chi connectivity index (χ0v) is 15.4. The van der Waals surface area contributed by atoms with Crippen molar-refractivity contribution in [1.29, 1.82) is 0 Å². The molecule has 0 bridgehead atoms. The Labute approximate surface area is 168 Å². The second kappa shape index (κ2) is 10.2. The van der Waals surface area contributed by atoms with Gasteiger partial charge in [0.25, 0.3) is 0 Å². The van der Waals surface area contributed by atoms with Crippen LogP contribution in [0.25, 0.3) is 0 Å². The lowest BCUT2D eigenvalue weighted by atomic mass is 10.1. The highest BCUT2D eigenvalue weighted by Crippen LogP contribution is 2.26. The minimum Gasteiger partial charge on any atom is -0.405 e. The molecular formula is C19H18F6N2O3. The van der Waals surface area contributed by atoms with Crippen molar-refractivity contribution in [3.8, 4) is 5.75 Å². The SMILES string of the molecule is O=C(NCc1ccc(COCC(F)(F)F)cc1)NCc1ccccc1OC(F)(F)F. The summed E-state index contributed by atoms with van der Waals surface area (Å²) in [6.45, 7) is -1.62. The molecule has 30 heavy (non-hydrogen) atoms. The molecule has 0 spiro atoms. The predicted octanol–water partition coefficient (Wildman–Crippen LogP) is 4.66. The highest BCUT2D eigenvalue weighted by molar-refractivity contribution is 5.73. The molecule has 0 saturated heterocycles. The Bertz CT molecular complexity index is 822. The molecule has 2 amide bonds. The molecule has 2 aromatic carbocycles. The Kier molecular flexibility index (Phi) is 7.93. The van der Waals surface area contributed by atoms with Gasteiger partial charge in [-0.25, -0.2) is 4.79 Å². The van der Waals surface area contributed by atoms with E-state index < -0.39 is 30.9 Å². The summed E-state index contributed by atoms with van der Waals surface area (Å²) in [6, 6.07) is 11.2. The van der Waals surface area contributed by atoms with Gasteiger partial charge in [0.05, 0.1) is 6.61 Å². The largest absolute Gasteiger partial charge is 0.573 e. The molecule has 164 valence electrons. The maximum absolute atomic E-state index is 12.4. The third kappa shape index (κ3) is 9.03. The summed E-state index contributed by atoms with van der Waals surface area (Å²) in [5, 5.41) is 4.95. The lowest BCUT2D eigenvalue weighted by molar-refractivity contribution is -0.274. The maximum Gasteiger partial charge on any atom is 0.573 e. The van der Waals surface area contributed by atoms with Crippen molar-refractivity contribution in [1.82, 2.24) is 10.6 Å². The van der Waals surface area contributed by atoms with E-state index >= 15 is 0 Å². The Morgan fingerprint density at radius 2 is 1.43 bits per heavy atom. The van der Waals surface area contributed by atoms with Crippen LogP contribution in [-0.4, -0.2) is 25.2 Å². The number of hydrogen-bond donors (Lipinski definition) is 2. The van der Waals surface area contributed by atoms with Gasteiger partial charge in [-0.2, -0.15) is 13.2 Å². The average molecular weight is 436 g/mol. The van der Waals surface area contributed by atoms with Gasteiger partial charge in [0.15, 0.2) is 0 Å². The van der Waals surface area contributed by atoms with Gasteiger partial charge < -0.3 is 20.1 Å². The van der Waals surface area contributed by atoms with Gasteiger partial charge in [-0.15, -0.1) is 13.2 Å². The van der Waals surface area contributed by atoms with Gasteiger partial charge in [0, 0.05) is 18.7 Å². The van der Waals surface area contributed by atoms with Crippen molar-refractivity contribution in [2.24, 2.45) is 0 Å². The molecule has 5 nitrogen and oxygen atoms in total. The number of alkyl halides is 6. The maximum atomic E-state index is 12.4. The number of nitrogens with one attached hydrogen (secondary N) is 2. The average Bonchev–Trinajstić information content (AvgIpc) is 2.64. The zero-order chi connectivity index (χ0) is 22.2. The number of amides is 2. The normalized spacial score (nSPS) is 11.8. The summed E-state index contributed by atoms with van der Waals surface area (Å²) >= 11 is 0. The van der Waals surface area contributed by atoms with Gasteiger partial charge in [0.2, 0.25) is 0 Å². The number of carbonyl (C=O) groups excluding carboxylic acids is 1. The Hall–Kier alpha value is -2.95. The first-order valence-corrected chi connectivity index (χ1v) is 8.59. The van der Waals surface area contributed by atoms with Crippen molar-refractivity contribution >= 4 is 6.03 Å². The Morgan fingerprint density at radius 1 is 0.833 bits per heavy atom. The monoisotopic (exact) mass is 436 g/mol. The number of rotatable bonds is 8. The lowest BCUT2D eigenvalue weighted by Crippen LogP contribution is -2.34. The van der Waals surface area contributed by atoms with Crippen molar-refractivity contribution in [2.45, 2.75) is 32.2 Å². The molecule has 0 radical (unpaired) electrons. The summed E-state index contributed by atoms with van der Waals surface area (Å²) in [4.78, 5) is 11.9. The minimum absolute atomic E-state index is 0.107. The minimum atomic E-state index is -4.84. The smallest absolute Gasteiger partial charge is 0.405 e. The molecule has 0 atom stereocenters. The first kappa shape index (κ1) is 23.3. The molecule has 0 aliphatic carbocycles. The van der Waals surface area contributed by atoms with Crippen LogP contribution >= 0.6 is 0 Å². The summed E-state index contributed by atoms with van der Waals surface area (Å²) in [5.74, 6) is -0.409. The molecule has 0 fully saturated rings. The van der Waals surface area contributed by atoms with E-state index in [-0.39, 0.29) is 25.3 Å². The van der Waals surface area contributed by atoms with Crippen LogP contribution in [0.3, 0.4) is 0 Å². The predicted molar refractivity (Wildman–Crippen MR) is 94.4 cm³/mol. The molecule has 0 aliphatic rings. The van der Waals surface area contributed by atoms with Gasteiger partial charge in [-0.05, 0) is 17.2 Å². The van der Waals surface area contributed by atoms with Crippen LogP contribution in [0.5, 0.6) is 5.75 Å². The lowest BCUT2D eigenvalue weighted by Gasteiger charge is -2.14. The molecule has 0 heterocycles. The second-order valence-electron chi connectivity index (χ2n) is 6.12. The number of urea groups is 1. The van der Waals surface area contributed by atoms with E-state index in [0.29, 0.717) is 11.1 Å². The first-order valence-electron chi connectivity index (χ1n) is 8.59. The molecule has 0 unspecified atom stereocenters. The quantitative estimate of drug-likeness (QED) is 0.592. The van der Waals surface area contributed by atoms with Crippen LogP contribution in [0, 0.1) is 0 Å². The number of halogens is 6. The van der Waals surface area contributed by atoms with E-state index in [0.717, 1.165) is 6.07 Å². The highest BCUT2D eigenvalue weighted by Gasteiger charge is 2.32. The fraction of sp³-hybridized carbons (Fsp3) is 0.316. The third-order valence-corrected chi connectivity index (χ3v) is 3.65. The van der Waals surface area contributed by atoms with Crippen molar-refractivity contribution < 1.29 is 40.6 Å². The van der Waals surface area contributed by atoms with Gasteiger partial charge in [-0.3, -0.25) is 0 Å². The molecule has 2 aromatic rings. The van der Waals surface area contributed by atoms with Crippen LogP contribution in [0.15, 0.2) is 48.5 Å². The van der Waals surface area contributed by atoms with Crippen molar-refractivity contribution in [3.63, 3.8) is 0 Å². The Balaban J connectivity index is 1.77. The van der Waals surface area contributed by atoms with Gasteiger partial charge >= 0.3 is 18.6 Å². The number of carbonyl (C=O) groups is 1. The molecule has 2 rings (SSSR count). The fourth-order valence-electron chi connectivity index (χ4n) is 2.33. The van der Waals surface area contributed by atoms with Crippen LogP contribution < -0.4 is 15.4 Å². The summed E-state index contributed by atoms with van der Waals surface area (Å²) in [5.41, 5.74) is 1.35. The first-order chi connectivity index (χ1) is 14.0. The van der Waals surface area contributed by atoms with Gasteiger partial charge in [-0.1, -0.05) is 42.5 Å². The number of hydrogen-bond acceptors (Lipinski definition) is 3. The summed E-state index contributed by atoms with van der Waals surface area (Å²) in [6.07, 6.45) is -9.24. The molecule has 11 heteroatoms. The van der Waals surface area contributed by atoms with E-state index in [4.69, 9.17) is 0 Å². The zero-order valence-electron chi connectivity index (χ0n) is 15.4. The highest BCUT2D eigenvalue weighted by atomic mass is 19.4. The van der Waals surface area contributed by atoms with E-state index in [1.165, 1.54) is 18.2 Å². The number of ether oxygens (including phenoxy) is 2. The summed E-state index contributed by atoms with van der Waals surface area (Å²) in [7, 11) is 0. The third-order valence-electron chi connectivity index (χ3n) is 3.65. The molecule has 0 aromatic heterocycles. The topological polar surface area (TPSA) is 59.6 Å². The van der Waals surface area contributed by atoms with Crippen LogP contribution in [-0.2, 0) is 24.4 Å². The second-order valence-corrected chi connectivity index (χ2v) is 6.12. The van der Waals surface area contributed by atoms with Crippen LogP contribution in [0.4, 0.5) is 31.1 Å². The molecule has 2 N–H and O–H groups in total. The van der Waals surface area contributed by atoms with E-state index in [1.807, 2.05) is 0 Å². The van der Waals surface area contributed by atoms with Crippen molar-refractivity contribution in [3.05, 3.63) is 65.2 Å². The van der Waals surface area contributed by atoms with Crippen LogP contribution in [0.2, 0.25) is 0 Å². The number of para-hydroxylation sites is 1. The summed E-state index contributed by atoms with van der Waals surface area (Å²) < 4.78 is 81.8. The van der Waals surface area contributed by atoms with Crippen LogP contribution in [0.1, 0.15) is 16.7 Å². The standard InChI is InChI=1S/C19H18F6N2O3/c20-18(21,22)12-29-11-14-7-5-13(6-8-14)9-26-17(28)27-10-15-3-1-2-4-16(15)30-19(23,24)25/h1-8H,9-12H2,(H2,26,27,28). The van der Waals surface area contributed by atoms with E-state index in [2.05, 4.69) is 20.1 Å². The fourth-order valence-corrected chi connectivity index (χ4v) is 2.33. The molecule has 0 aliphatic heterocycles. The Morgan fingerprint density at radius 3 is 2.07 bits per heavy atom. The van der Waals surface area contributed by atoms with E-state index in [1.54, 1.807) is 24.3 Å². The number of benzene rings is 2. The van der Waals surface area contributed by atoms with E-state index in [9.17, 15) is 31.1 Å². The molecule has 0 saturated carbocycles.